The zero-order chi connectivity index (χ0) is 19.6. The number of hydrogen-bond acceptors (Lipinski definition) is 5. The number of nitrogens with zero attached hydrogens (tertiary/aromatic N) is 3. The van der Waals surface area contributed by atoms with Crippen LogP contribution >= 0.6 is 0 Å². The molecule has 7 nitrogen and oxygen atoms in total. The van der Waals surface area contributed by atoms with Gasteiger partial charge >= 0.3 is 12.6 Å². The summed E-state index contributed by atoms with van der Waals surface area (Å²) < 4.78 is 31.9. The van der Waals surface area contributed by atoms with Gasteiger partial charge in [-0.25, -0.2) is 9.48 Å². The lowest BCUT2D eigenvalue weighted by Gasteiger charge is -2.20. The zero-order valence-corrected chi connectivity index (χ0v) is 15.1. The molecule has 0 saturated heterocycles. The minimum atomic E-state index is -2.81. The SMILES string of the molecule is Cc1nn(C(F)F)c(C)c1-c1nccc(NC(=O)OC(C)(C)C)c1C=O. The molecule has 0 bridgehead atoms. The number of pyridine rings is 1. The highest BCUT2D eigenvalue weighted by Crippen LogP contribution is 2.32. The Hall–Kier alpha value is -2.84. The number of aryl methyl sites for hydroxylation is 1. The lowest BCUT2D eigenvalue weighted by Crippen LogP contribution is -2.27. The van der Waals surface area contributed by atoms with Crippen molar-refractivity contribution in [3.8, 4) is 11.3 Å². The summed E-state index contributed by atoms with van der Waals surface area (Å²) in [6.07, 6.45) is 1.14. The van der Waals surface area contributed by atoms with Crippen molar-refractivity contribution in [1.29, 1.82) is 0 Å². The maximum absolute atomic E-state index is 13.1. The first-order chi connectivity index (χ1) is 12.0. The van der Waals surface area contributed by atoms with E-state index < -0.39 is 18.2 Å². The van der Waals surface area contributed by atoms with Gasteiger partial charge < -0.3 is 4.74 Å². The van der Waals surface area contributed by atoms with Gasteiger partial charge in [0.05, 0.1) is 28.3 Å². The standard InChI is InChI=1S/C17H20F2N4O3/c1-9-13(10(2)23(22-9)15(18)19)14-11(8-24)12(6-7-20-14)21-16(25)26-17(3,4)5/h6-8,15H,1-5H3,(H,20,21,25). The molecule has 2 rings (SSSR count). The molecule has 1 N–H and O–H groups in total. The van der Waals surface area contributed by atoms with Gasteiger partial charge in [0.25, 0.3) is 0 Å². The fraction of sp³-hybridized carbons (Fsp3) is 0.412. The third-order valence-corrected chi connectivity index (χ3v) is 3.49. The van der Waals surface area contributed by atoms with Crippen LogP contribution in [0.3, 0.4) is 0 Å². The largest absolute Gasteiger partial charge is 0.444 e. The fourth-order valence-corrected chi connectivity index (χ4v) is 2.51. The Balaban J connectivity index is 2.50. The summed E-state index contributed by atoms with van der Waals surface area (Å²) in [5.74, 6) is 0. The Morgan fingerprint density at radius 3 is 2.50 bits per heavy atom. The number of anilines is 1. The lowest BCUT2D eigenvalue weighted by atomic mass is 10.0. The number of nitrogens with one attached hydrogen (secondary N) is 1. The van der Waals surface area contributed by atoms with Gasteiger partial charge in [-0.2, -0.15) is 13.9 Å². The summed E-state index contributed by atoms with van der Waals surface area (Å²) in [7, 11) is 0. The number of amides is 1. The normalized spacial score (nSPS) is 11.5. The molecular formula is C17H20F2N4O3. The van der Waals surface area contributed by atoms with Gasteiger partial charge in [0.2, 0.25) is 0 Å². The van der Waals surface area contributed by atoms with Crippen LogP contribution in [0.4, 0.5) is 19.3 Å². The first-order valence-electron chi connectivity index (χ1n) is 7.83. The number of carbonyl (C=O) groups is 2. The predicted molar refractivity (Wildman–Crippen MR) is 91.4 cm³/mol. The Labute approximate surface area is 149 Å². The molecule has 0 atom stereocenters. The maximum atomic E-state index is 13.1. The number of hydrogen-bond donors (Lipinski definition) is 1. The van der Waals surface area contributed by atoms with Crippen LogP contribution < -0.4 is 5.32 Å². The van der Waals surface area contributed by atoms with E-state index in [1.54, 1.807) is 27.7 Å². The molecule has 2 aromatic rings. The van der Waals surface area contributed by atoms with E-state index >= 15 is 0 Å². The molecule has 1 amide bonds. The Bertz CT molecular complexity index is 841. The molecule has 0 saturated carbocycles. The predicted octanol–water partition coefficient (Wildman–Crippen LogP) is 4.12. The monoisotopic (exact) mass is 366 g/mol. The summed E-state index contributed by atoms with van der Waals surface area (Å²) in [5, 5.41) is 6.29. The molecule has 0 aliphatic rings. The van der Waals surface area contributed by atoms with Crippen molar-refractivity contribution in [3.05, 3.63) is 29.2 Å². The van der Waals surface area contributed by atoms with Crippen molar-refractivity contribution < 1.29 is 23.1 Å². The van der Waals surface area contributed by atoms with Crippen molar-refractivity contribution in [2.75, 3.05) is 5.32 Å². The van der Waals surface area contributed by atoms with Gasteiger partial charge in [-0.3, -0.25) is 15.1 Å². The van der Waals surface area contributed by atoms with Crippen molar-refractivity contribution in [3.63, 3.8) is 0 Å². The number of ether oxygens (including phenoxy) is 1. The van der Waals surface area contributed by atoms with Crippen LogP contribution in [0.15, 0.2) is 12.3 Å². The molecule has 140 valence electrons. The summed E-state index contributed by atoms with van der Waals surface area (Å²) in [4.78, 5) is 27.8. The van der Waals surface area contributed by atoms with Crippen LogP contribution in [0.25, 0.3) is 11.3 Å². The van der Waals surface area contributed by atoms with E-state index in [0.29, 0.717) is 22.2 Å². The molecule has 26 heavy (non-hydrogen) atoms. The van der Waals surface area contributed by atoms with Crippen LogP contribution in [0.5, 0.6) is 0 Å². The van der Waals surface area contributed by atoms with Crippen molar-refractivity contribution in [2.45, 2.75) is 46.8 Å². The molecule has 0 spiro atoms. The van der Waals surface area contributed by atoms with Crippen molar-refractivity contribution >= 4 is 18.1 Å². The van der Waals surface area contributed by atoms with E-state index in [0.717, 1.165) is 0 Å². The fourth-order valence-electron chi connectivity index (χ4n) is 2.51. The number of aromatic nitrogens is 3. The molecular weight excluding hydrogens is 346 g/mol. The second kappa shape index (κ2) is 7.19. The van der Waals surface area contributed by atoms with Crippen LogP contribution in [-0.4, -0.2) is 32.7 Å². The second-order valence-corrected chi connectivity index (χ2v) is 6.63. The molecule has 0 aliphatic heterocycles. The highest BCUT2D eigenvalue weighted by atomic mass is 19.3. The smallest absolute Gasteiger partial charge is 0.412 e. The van der Waals surface area contributed by atoms with Crippen LogP contribution in [0.2, 0.25) is 0 Å². The molecule has 9 heteroatoms. The summed E-state index contributed by atoms with van der Waals surface area (Å²) >= 11 is 0. The van der Waals surface area contributed by atoms with Crippen LogP contribution in [0, 0.1) is 13.8 Å². The van der Waals surface area contributed by atoms with Gasteiger partial charge in [0.15, 0.2) is 6.29 Å². The average molecular weight is 366 g/mol. The molecule has 2 heterocycles. The third-order valence-electron chi connectivity index (χ3n) is 3.49. The number of alkyl halides is 2. The van der Waals surface area contributed by atoms with E-state index in [1.807, 2.05) is 0 Å². The van der Waals surface area contributed by atoms with E-state index in [4.69, 9.17) is 4.74 Å². The first-order valence-corrected chi connectivity index (χ1v) is 7.83. The van der Waals surface area contributed by atoms with Gasteiger partial charge in [-0.1, -0.05) is 0 Å². The maximum Gasteiger partial charge on any atom is 0.412 e. The number of aldehydes is 1. The third kappa shape index (κ3) is 4.04. The second-order valence-electron chi connectivity index (χ2n) is 6.63. The molecule has 0 fully saturated rings. The van der Waals surface area contributed by atoms with Gasteiger partial charge in [0.1, 0.15) is 5.60 Å². The van der Waals surface area contributed by atoms with Crippen LogP contribution in [-0.2, 0) is 4.74 Å². The molecule has 0 aromatic carbocycles. The molecule has 0 radical (unpaired) electrons. The first kappa shape index (κ1) is 19.5. The quantitative estimate of drug-likeness (QED) is 0.823. The Morgan fingerprint density at radius 1 is 1.35 bits per heavy atom. The highest BCUT2D eigenvalue weighted by molar-refractivity contribution is 5.98. The minimum absolute atomic E-state index is 0.0541. The highest BCUT2D eigenvalue weighted by Gasteiger charge is 2.24. The summed E-state index contributed by atoms with van der Waals surface area (Å²) in [5.41, 5.74) is 0.458. The summed E-state index contributed by atoms with van der Waals surface area (Å²) in [6, 6.07) is 1.43. The van der Waals surface area contributed by atoms with Gasteiger partial charge in [0, 0.05) is 11.8 Å². The Kier molecular flexibility index (Phi) is 5.38. The van der Waals surface area contributed by atoms with E-state index in [9.17, 15) is 18.4 Å². The number of halogens is 2. The molecule has 0 unspecified atom stereocenters. The number of carbonyl (C=O) groups excluding carboxylic acids is 2. The lowest BCUT2D eigenvalue weighted by molar-refractivity contribution is 0.0541. The molecule has 0 aliphatic carbocycles. The van der Waals surface area contributed by atoms with Gasteiger partial charge in [-0.15, -0.1) is 0 Å². The Morgan fingerprint density at radius 2 is 2.00 bits per heavy atom. The topological polar surface area (TPSA) is 86.1 Å². The van der Waals surface area contributed by atoms with Crippen molar-refractivity contribution in [2.24, 2.45) is 0 Å². The van der Waals surface area contributed by atoms with E-state index in [2.05, 4.69) is 15.4 Å². The van der Waals surface area contributed by atoms with E-state index in [-0.39, 0.29) is 22.6 Å². The minimum Gasteiger partial charge on any atom is -0.444 e. The zero-order valence-electron chi connectivity index (χ0n) is 15.1. The van der Waals surface area contributed by atoms with E-state index in [1.165, 1.54) is 19.2 Å². The average Bonchev–Trinajstić information content (AvgIpc) is 2.80. The molecule has 2 aromatic heterocycles. The summed E-state index contributed by atoms with van der Waals surface area (Å²) in [6.45, 7) is 5.31. The van der Waals surface area contributed by atoms with Crippen LogP contribution in [0.1, 0.15) is 49.1 Å². The van der Waals surface area contributed by atoms with Crippen molar-refractivity contribution in [1.82, 2.24) is 14.8 Å². The number of rotatable bonds is 4. The van der Waals surface area contributed by atoms with Gasteiger partial charge in [-0.05, 0) is 40.7 Å².